The summed E-state index contributed by atoms with van der Waals surface area (Å²) in [6, 6.07) is 0.564. The standard InChI is InChI=1S/C10H14BrN3S/c1-15-8-3-2-7(4-8)14-10-9(11)5-12-6-13-10/h5-8H,2-4H2,1H3,(H,12,13,14). The van der Waals surface area contributed by atoms with Gasteiger partial charge in [-0.05, 0) is 41.4 Å². The van der Waals surface area contributed by atoms with E-state index in [4.69, 9.17) is 0 Å². The first-order chi connectivity index (χ1) is 7.29. The predicted octanol–water partition coefficient (Wildman–Crippen LogP) is 2.94. The highest BCUT2D eigenvalue weighted by Crippen LogP contribution is 2.31. The van der Waals surface area contributed by atoms with Gasteiger partial charge < -0.3 is 5.32 Å². The van der Waals surface area contributed by atoms with Crippen molar-refractivity contribution in [1.82, 2.24) is 9.97 Å². The Balaban J connectivity index is 1.96. The van der Waals surface area contributed by atoms with Crippen LogP contribution in [0.3, 0.4) is 0 Å². The van der Waals surface area contributed by atoms with Gasteiger partial charge in [-0.1, -0.05) is 0 Å². The Hall–Kier alpha value is -0.290. The van der Waals surface area contributed by atoms with Gasteiger partial charge in [0, 0.05) is 17.5 Å². The van der Waals surface area contributed by atoms with Crippen LogP contribution in [0.2, 0.25) is 0 Å². The summed E-state index contributed by atoms with van der Waals surface area (Å²) in [6.45, 7) is 0. The number of nitrogens with one attached hydrogen (secondary N) is 1. The number of halogens is 1. The highest BCUT2D eigenvalue weighted by atomic mass is 79.9. The third-order valence-electron chi connectivity index (χ3n) is 2.73. The molecule has 0 amide bonds. The van der Waals surface area contributed by atoms with Gasteiger partial charge in [-0.25, -0.2) is 9.97 Å². The number of nitrogens with zero attached hydrogens (tertiary/aromatic N) is 2. The van der Waals surface area contributed by atoms with Crippen LogP contribution in [0, 0.1) is 0 Å². The smallest absolute Gasteiger partial charge is 0.143 e. The number of aromatic nitrogens is 2. The van der Waals surface area contributed by atoms with Gasteiger partial charge in [0.15, 0.2) is 0 Å². The van der Waals surface area contributed by atoms with Crippen LogP contribution in [0.4, 0.5) is 5.82 Å². The fourth-order valence-electron chi connectivity index (χ4n) is 1.90. The average Bonchev–Trinajstić information content (AvgIpc) is 2.69. The van der Waals surface area contributed by atoms with Gasteiger partial charge in [-0.15, -0.1) is 0 Å². The first kappa shape index (κ1) is 11.2. The zero-order valence-electron chi connectivity index (χ0n) is 8.61. The van der Waals surface area contributed by atoms with E-state index in [1.165, 1.54) is 19.3 Å². The molecule has 0 aliphatic heterocycles. The Labute approximate surface area is 103 Å². The molecule has 1 heterocycles. The van der Waals surface area contributed by atoms with Gasteiger partial charge in [0.25, 0.3) is 0 Å². The van der Waals surface area contributed by atoms with Gasteiger partial charge in [-0.2, -0.15) is 11.8 Å². The Morgan fingerprint density at radius 2 is 2.40 bits per heavy atom. The quantitative estimate of drug-likeness (QED) is 0.928. The molecule has 5 heteroatoms. The fraction of sp³-hybridized carbons (Fsp3) is 0.600. The van der Waals surface area contributed by atoms with Crippen LogP contribution in [0.15, 0.2) is 17.0 Å². The molecule has 0 radical (unpaired) electrons. The van der Waals surface area contributed by atoms with Gasteiger partial charge in [0.1, 0.15) is 12.1 Å². The van der Waals surface area contributed by atoms with Crippen LogP contribution < -0.4 is 5.32 Å². The van der Waals surface area contributed by atoms with E-state index in [2.05, 4.69) is 37.5 Å². The van der Waals surface area contributed by atoms with Crippen molar-refractivity contribution in [1.29, 1.82) is 0 Å². The summed E-state index contributed by atoms with van der Waals surface area (Å²) in [4.78, 5) is 8.17. The lowest BCUT2D eigenvalue weighted by Gasteiger charge is -2.13. The van der Waals surface area contributed by atoms with Crippen molar-refractivity contribution in [3.8, 4) is 0 Å². The van der Waals surface area contributed by atoms with E-state index in [9.17, 15) is 0 Å². The minimum atomic E-state index is 0.564. The third-order valence-corrected chi connectivity index (χ3v) is 4.40. The molecule has 1 aromatic heterocycles. The van der Waals surface area contributed by atoms with Crippen molar-refractivity contribution in [3.63, 3.8) is 0 Å². The SMILES string of the molecule is CSC1CCC(Nc2ncncc2Br)C1. The summed E-state index contributed by atoms with van der Waals surface area (Å²) in [7, 11) is 0. The number of hydrogen-bond acceptors (Lipinski definition) is 4. The predicted molar refractivity (Wildman–Crippen MR) is 68.3 cm³/mol. The van der Waals surface area contributed by atoms with Crippen LogP contribution in [0.25, 0.3) is 0 Å². The molecule has 1 aliphatic rings. The highest BCUT2D eigenvalue weighted by Gasteiger charge is 2.24. The maximum atomic E-state index is 4.22. The Morgan fingerprint density at radius 1 is 1.53 bits per heavy atom. The number of anilines is 1. The highest BCUT2D eigenvalue weighted by molar-refractivity contribution is 9.10. The molecular weight excluding hydrogens is 274 g/mol. The van der Waals surface area contributed by atoms with Gasteiger partial charge in [0.2, 0.25) is 0 Å². The molecule has 1 saturated carbocycles. The minimum absolute atomic E-state index is 0.564. The molecule has 1 N–H and O–H groups in total. The van der Waals surface area contributed by atoms with E-state index in [1.807, 2.05) is 11.8 Å². The van der Waals surface area contributed by atoms with Crippen molar-refractivity contribution in [3.05, 3.63) is 17.0 Å². The molecule has 2 rings (SSSR count). The average molecular weight is 288 g/mol. The lowest BCUT2D eigenvalue weighted by Crippen LogP contribution is -2.17. The molecule has 2 atom stereocenters. The first-order valence-corrected chi connectivity index (χ1v) is 7.12. The van der Waals surface area contributed by atoms with Crippen LogP contribution in [0.1, 0.15) is 19.3 Å². The first-order valence-electron chi connectivity index (χ1n) is 5.04. The number of hydrogen-bond donors (Lipinski definition) is 1. The van der Waals surface area contributed by atoms with Crippen molar-refractivity contribution >= 4 is 33.5 Å². The van der Waals surface area contributed by atoms with Crippen LogP contribution in [0.5, 0.6) is 0 Å². The largest absolute Gasteiger partial charge is 0.366 e. The molecule has 0 saturated heterocycles. The molecule has 0 aromatic carbocycles. The second-order valence-electron chi connectivity index (χ2n) is 3.73. The van der Waals surface area contributed by atoms with E-state index in [-0.39, 0.29) is 0 Å². The van der Waals surface area contributed by atoms with E-state index in [0.29, 0.717) is 6.04 Å². The third kappa shape index (κ3) is 2.84. The number of thioether (sulfide) groups is 1. The van der Waals surface area contributed by atoms with E-state index in [0.717, 1.165) is 15.5 Å². The monoisotopic (exact) mass is 287 g/mol. The maximum Gasteiger partial charge on any atom is 0.143 e. The summed E-state index contributed by atoms with van der Waals surface area (Å²) in [6.07, 6.45) is 9.32. The molecule has 1 aliphatic carbocycles. The Kier molecular flexibility index (Phi) is 3.86. The molecule has 3 nitrogen and oxygen atoms in total. The fourth-order valence-corrected chi connectivity index (χ4v) is 3.03. The molecule has 15 heavy (non-hydrogen) atoms. The maximum absolute atomic E-state index is 4.22. The van der Waals surface area contributed by atoms with Gasteiger partial charge in [-0.3, -0.25) is 0 Å². The molecule has 2 unspecified atom stereocenters. The van der Waals surface area contributed by atoms with Gasteiger partial charge >= 0.3 is 0 Å². The summed E-state index contributed by atoms with van der Waals surface area (Å²) in [5, 5.41) is 4.27. The topological polar surface area (TPSA) is 37.8 Å². The summed E-state index contributed by atoms with van der Waals surface area (Å²) in [5.74, 6) is 0.914. The lowest BCUT2D eigenvalue weighted by atomic mass is 10.2. The molecule has 82 valence electrons. The van der Waals surface area contributed by atoms with Gasteiger partial charge in [0.05, 0.1) is 4.47 Å². The van der Waals surface area contributed by atoms with E-state index in [1.54, 1.807) is 12.5 Å². The van der Waals surface area contributed by atoms with Crippen LogP contribution >= 0.6 is 27.7 Å². The Bertz CT molecular complexity index is 334. The zero-order valence-corrected chi connectivity index (χ0v) is 11.0. The molecular formula is C10H14BrN3S. The number of rotatable bonds is 3. The molecule has 1 fully saturated rings. The minimum Gasteiger partial charge on any atom is -0.366 e. The van der Waals surface area contributed by atoms with E-state index < -0.39 is 0 Å². The normalized spacial score (nSPS) is 25.5. The van der Waals surface area contributed by atoms with Crippen molar-refractivity contribution in [2.24, 2.45) is 0 Å². The van der Waals surface area contributed by atoms with Crippen molar-refractivity contribution in [2.45, 2.75) is 30.6 Å². The van der Waals surface area contributed by atoms with E-state index >= 15 is 0 Å². The Morgan fingerprint density at radius 3 is 3.07 bits per heavy atom. The summed E-state index contributed by atoms with van der Waals surface area (Å²) >= 11 is 5.41. The second kappa shape index (κ2) is 5.16. The molecule has 0 spiro atoms. The van der Waals surface area contributed by atoms with Crippen LogP contribution in [-0.2, 0) is 0 Å². The van der Waals surface area contributed by atoms with Crippen LogP contribution in [-0.4, -0.2) is 27.5 Å². The summed E-state index contributed by atoms with van der Waals surface area (Å²) < 4.78 is 0.942. The lowest BCUT2D eigenvalue weighted by molar-refractivity contribution is 0.750. The summed E-state index contributed by atoms with van der Waals surface area (Å²) in [5.41, 5.74) is 0. The van der Waals surface area contributed by atoms with Crippen molar-refractivity contribution in [2.75, 3.05) is 11.6 Å². The molecule has 1 aromatic rings. The second-order valence-corrected chi connectivity index (χ2v) is 5.72. The molecule has 0 bridgehead atoms. The zero-order chi connectivity index (χ0) is 10.7. The van der Waals surface area contributed by atoms with Crippen molar-refractivity contribution < 1.29 is 0 Å².